The lowest BCUT2D eigenvalue weighted by atomic mass is 9.98. The molecule has 0 aliphatic carbocycles. The molecule has 0 aliphatic heterocycles. The van der Waals surface area contributed by atoms with E-state index in [1.54, 1.807) is 7.11 Å². The first-order chi connectivity index (χ1) is 8.00. The van der Waals surface area contributed by atoms with E-state index in [2.05, 4.69) is 19.2 Å². The van der Waals surface area contributed by atoms with Gasteiger partial charge in [-0.05, 0) is 47.6 Å². The lowest BCUT2D eigenvalue weighted by molar-refractivity contribution is -0.156. The first-order valence-electron chi connectivity index (χ1n) is 6.46. The number of likely N-dealkylation sites (N-methyl/N-ethyl adjacent to an activating group) is 1. The van der Waals surface area contributed by atoms with Crippen LogP contribution >= 0.6 is 0 Å². The Morgan fingerprint density at radius 2 is 1.65 bits per heavy atom. The van der Waals surface area contributed by atoms with Crippen molar-refractivity contribution < 1.29 is 14.2 Å². The molecule has 0 amide bonds. The average molecular weight is 247 g/mol. The Morgan fingerprint density at radius 3 is 2.00 bits per heavy atom. The van der Waals surface area contributed by atoms with Crippen LogP contribution in [0.4, 0.5) is 0 Å². The molecule has 0 aromatic rings. The van der Waals surface area contributed by atoms with Gasteiger partial charge in [-0.25, -0.2) is 0 Å². The zero-order chi connectivity index (χ0) is 13.3. The lowest BCUT2D eigenvalue weighted by Crippen LogP contribution is -2.42. The third kappa shape index (κ3) is 6.99. The van der Waals surface area contributed by atoms with Gasteiger partial charge < -0.3 is 19.5 Å². The van der Waals surface area contributed by atoms with Gasteiger partial charge in [0.15, 0.2) is 6.29 Å². The van der Waals surface area contributed by atoms with Gasteiger partial charge in [0.25, 0.3) is 0 Å². The highest BCUT2D eigenvalue weighted by Gasteiger charge is 2.24. The molecule has 17 heavy (non-hydrogen) atoms. The highest BCUT2D eigenvalue weighted by molar-refractivity contribution is 4.76. The average Bonchev–Trinajstić information content (AvgIpc) is 2.30. The molecule has 0 aromatic heterocycles. The van der Waals surface area contributed by atoms with Gasteiger partial charge in [0.2, 0.25) is 0 Å². The first-order valence-corrected chi connectivity index (χ1v) is 6.46. The van der Waals surface area contributed by atoms with Gasteiger partial charge in [0, 0.05) is 20.3 Å². The maximum absolute atomic E-state index is 5.61. The molecule has 1 atom stereocenters. The van der Waals surface area contributed by atoms with E-state index in [4.69, 9.17) is 14.2 Å². The van der Waals surface area contributed by atoms with E-state index < -0.39 is 0 Å². The molecule has 0 radical (unpaired) electrons. The molecule has 1 unspecified atom stereocenters. The summed E-state index contributed by atoms with van der Waals surface area (Å²) in [5.74, 6) is 0. The fourth-order valence-electron chi connectivity index (χ4n) is 1.63. The normalized spacial score (nSPS) is 14.3. The van der Waals surface area contributed by atoms with Gasteiger partial charge in [0.1, 0.15) is 0 Å². The fourth-order valence-corrected chi connectivity index (χ4v) is 1.63. The Balaban J connectivity index is 4.26. The van der Waals surface area contributed by atoms with Gasteiger partial charge >= 0.3 is 0 Å². The van der Waals surface area contributed by atoms with Crippen LogP contribution in [-0.4, -0.2) is 45.3 Å². The van der Waals surface area contributed by atoms with Crippen LogP contribution in [0.2, 0.25) is 0 Å². The van der Waals surface area contributed by atoms with E-state index in [1.165, 1.54) is 0 Å². The van der Waals surface area contributed by atoms with E-state index in [0.29, 0.717) is 13.2 Å². The maximum atomic E-state index is 5.61. The van der Waals surface area contributed by atoms with Gasteiger partial charge in [0.05, 0.1) is 11.6 Å². The van der Waals surface area contributed by atoms with E-state index in [9.17, 15) is 0 Å². The van der Waals surface area contributed by atoms with Crippen molar-refractivity contribution in [3.63, 3.8) is 0 Å². The predicted molar refractivity (Wildman–Crippen MR) is 70.2 cm³/mol. The van der Waals surface area contributed by atoms with Crippen molar-refractivity contribution >= 4 is 0 Å². The minimum atomic E-state index is -0.178. The van der Waals surface area contributed by atoms with Crippen LogP contribution in [0.15, 0.2) is 0 Å². The molecule has 0 heterocycles. The van der Waals surface area contributed by atoms with Crippen LogP contribution in [0.3, 0.4) is 0 Å². The third-order valence-corrected chi connectivity index (χ3v) is 2.97. The van der Waals surface area contributed by atoms with Crippen molar-refractivity contribution in [1.29, 1.82) is 0 Å². The van der Waals surface area contributed by atoms with Crippen molar-refractivity contribution in [2.75, 3.05) is 27.4 Å². The lowest BCUT2D eigenvalue weighted by Gasteiger charge is -2.30. The molecule has 4 heteroatoms. The standard InChI is InChI=1S/C13H29NO3/c1-7-16-12(17-8-2)11(14-5)9-10-13(3,4)15-6/h11-12,14H,7-10H2,1-6H3. The van der Waals surface area contributed by atoms with E-state index >= 15 is 0 Å². The van der Waals surface area contributed by atoms with Crippen LogP contribution in [0.25, 0.3) is 0 Å². The summed E-state index contributed by atoms with van der Waals surface area (Å²) in [6.07, 6.45) is 1.75. The number of hydrogen-bond acceptors (Lipinski definition) is 4. The van der Waals surface area contributed by atoms with Crippen molar-refractivity contribution in [2.24, 2.45) is 0 Å². The molecule has 0 bridgehead atoms. The zero-order valence-electron chi connectivity index (χ0n) is 12.2. The topological polar surface area (TPSA) is 39.7 Å². The van der Waals surface area contributed by atoms with Crippen molar-refractivity contribution in [3.8, 4) is 0 Å². The highest BCUT2D eigenvalue weighted by atomic mass is 16.7. The summed E-state index contributed by atoms with van der Waals surface area (Å²) >= 11 is 0. The number of rotatable bonds is 10. The molecule has 0 saturated heterocycles. The molecule has 0 rings (SSSR count). The summed E-state index contributed by atoms with van der Waals surface area (Å²) in [5, 5.41) is 3.26. The molecule has 1 N–H and O–H groups in total. The molecule has 0 saturated carbocycles. The summed E-state index contributed by atoms with van der Waals surface area (Å²) in [7, 11) is 3.69. The van der Waals surface area contributed by atoms with Gasteiger partial charge in [-0.3, -0.25) is 0 Å². The maximum Gasteiger partial charge on any atom is 0.172 e. The van der Waals surface area contributed by atoms with Crippen LogP contribution in [0.1, 0.15) is 40.5 Å². The molecule has 0 aromatic carbocycles. The van der Waals surface area contributed by atoms with E-state index in [0.717, 1.165) is 12.8 Å². The number of nitrogens with one attached hydrogen (secondary N) is 1. The molecule has 0 fully saturated rings. The molecular formula is C13H29NO3. The summed E-state index contributed by atoms with van der Waals surface area (Å²) in [5.41, 5.74) is -0.0991. The van der Waals surface area contributed by atoms with Crippen molar-refractivity contribution in [3.05, 3.63) is 0 Å². The summed E-state index contributed by atoms with van der Waals surface area (Å²) in [6, 6.07) is 0.198. The second-order valence-electron chi connectivity index (χ2n) is 4.68. The quantitative estimate of drug-likeness (QED) is 0.601. The van der Waals surface area contributed by atoms with E-state index in [-0.39, 0.29) is 17.9 Å². The Bertz CT molecular complexity index is 180. The summed E-state index contributed by atoms with van der Waals surface area (Å²) < 4.78 is 16.6. The molecule has 0 spiro atoms. The summed E-state index contributed by atoms with van der Waals surface area (Å²) in [6.45, 7) is 9.48. The van der Waals surface area contributed by atoms with Gasteiger partial charge in [-0.15, -0.1) is 0 Å². The molecule has 104 valence electrons. The van der Waals surface area contributed by atoms with E-state index in [1.807, 2.05) is 20.9 Å². The van der Waals surface area contributed by atoms with Crippen molar-refractivity contribution in [2.45, 2.75) is 58.5 Å². The third-order valence-electron chi connectivity index (χ3n) is 2.97. The smallest absolute Gasteiger partial charge is 0.172 e. The second-order valence-corrected chi connectivity index (χ2v) is 4.68. The number of methoxy groups -OCH3 is 1. The van der Waals surface area contributed by atoms with Gasteiger partial charge in [-0.1, -0.05) is 0 Å². The first kappa shape index (κ1) is 16.8. The molecule has 4 nitrogen and oxygen atoms in total. The molecular weight excluding hydrogens is 218 g/mol. The monoisotopic (exact) mass is 247 g/mol. The number of ether oxygens (including phenoxy) is 3. The summed E-state index contributed by atoms with van der Waals surface area (Å²) in [4.78, 5) is 0. The van der Waals surface area contributed by atoms with Crippen LogP contribution in [-0.2, 0) is 14.2 Å². The Labute approximate surface area is 106 Å². The van der Waals surface area contributed by atoms with Gasteiger partial charge in [-0.2, -0.15) is 0 Å². The minimum absolute atomic E-state index is 0.0991. The van der Waals surface area contributed by atoms with Crippen LogP contribution in [0, 0.1) is 0 Å². The minimum Gasteiger partial charge on any atom is -0.379 e. The largest absolute Gasteiger partial charge is 0.379 e. The predicted octanol–water partition coefficient (Wildman–Crippen LogP) is 2.18. The second kappa shape index (κ2) is 8.86. The van der Waals surface area contributed by atoms with Crippen molar-refractivity contribution in [1.82, 2.24) is 5.32 Å². The zero-order valence-corrected chi connectivity index (χ0v) is 12.2. The Morgan fingerprint density at radius 1 is 1.12 bits per heavy atom. The number of hydrogen-bond donors (Lipinski definition) is 1. The SMILES string of the molecule is CCOC(OCC)C(CCC(C)(C)OC)NC. The fraction of sp³-hybridized carbons (Fsp3) is 1.00. The van der Waals surface area contributed by atoms with Crippen LogP contribution in [0.5, 0.6) is 0 Å². The highest BCUT2D eigenvalue weighted by Crippen LogP contribution is 2.19. The Hall–Kier alpha value is -0.160. The Kier molecular flexibility index (Phi) is 8.78. The molecule has 0 aliphatic rings. The van der Waals surface area contributed by atoms with Crippen LogP contribution < -0.4 is 5.32 Å².